The van der Waals surface area contributed by atoms with Crippen molar-refractivity contribution in [2.75, 3.05) is 65.0 Å². The second kappa shape index (κ2) is 49.9. The molecule has 0 spiro atoms. The number of nitrogens with zero attached hydrogens (tertiary/aromatic N) is 19. The minimum Gasteiger partial charge on any atom is -0.454 e. The predicted octanol–water partition coefficient (Wildman–Crippen LogP) is 13.2. The molecule has 1 amide bonds. The third-order valence-electron chi connectivity index (χ3n) is 23.5. The summed E-state index contributed by atoms with van der Waals surface area (Å²) in [6.45, 7) is 12.6. The Morgan fingerprint density at radius 3 is 1.24 bits per heavy atom. The maximum atomic E-state index is 12.0. The number of rotatable bonds is 17. The lowest BCUT2D eigenvalue weighted by Gasteiger charge is -2.33. The average molecular weight is 1990 g/mol. The minimum absolute atomic E-state index is 0. The Balaban J connectivity index is 0.000000244. The standard InChI is InChI=1S/C19H23N5.C18H18ClN5O2.C16H24ClN5.C16H23N7O.C16H19N7.10H2S/c1-12-7-13(2)9-14(8-12)17-11-19(22-16-4-3-15(20)10-16)24-18(23-17)5-6-21-24;19-13-8-21-24-17(22-12-3-2-11(20)6-12)7-14(23-18(13)24)10-1-4-15-16(5-10)26-9-25-15;1-3-10(4-2)14-8-15(20-12-6-5-11(18)7-12)22-16(21-14)13(17)9-19-22;1-21-6-7-22(10-16(21)24)14-9-15(19-12-3-2-11(17)8-12)23-13(20-14)4-5-18-23;1-10-18-8-11(9-19-10)14-7-16(21-13-3-2-12(17)6-13)23-15(22-14)4-5-20-23;;;;;;;;;;/h5-9,11,15-16,22H,3-4,10,20H2,1-2H3;1,4-5,7-8,11-12,22H,2-3,6,9,20H2;8-12,20H,3-7,18H2,1-2H3;4-5,9,11-12,19H,2-3,6-8,10,17H2,1H3;4-5,7-9,12-13,21H,2-3,6,17H2,1H3;10*1H2/t15-,16-;3*11-,12-;12-,13-;;;;;;;;;;/m00000........../s1. The Labute approximate surface area is 832 Å². The molecule has 0 unspecified atom stereocenters. The van der Waals surface area contributed by atoms with Crippen LogP contribution in [-0.2, 0) is 4.79 Å². The van der Waals surface area contributed by atoms with Crippen LogP contribution in [0.4, 0.5) is 34.9 Å². The van der Waals surface area contributed by atoms with Gasteiger partial charge in [0.05, 0.1) is 54.6 Å². The largest absolute Gasteiger partial charge is 0.454 e. The molecule has 20 rings (SSSR count). The van der Waals surface area contributed by atoms with Crippen molar-refractivity contribution in [2.24, 2.45) is 28.7 Å². The number of carbonyl (C=O) groups excluding carboxylic acids is 1. The smallest absolute Gasteiger partial charge is 0.241 e. The van der Waals surface area contributed by atoms with Crippen molar-refractivity contribution >= 4 is 227 Å². The number of anilines is 6. The second-order valence-corrected chi connectivity index (χ2v) is 33.5. The average Bonchev–Trinajstić information content (AvgIpc) is 1.54. The lowest BCUT2D eigenvalue weighted by molar-refractivity contribution is -0.129. The number of carbonyl (C=O) groups is 1. The van der Waals surface area contributed by atoms with Crippen LogP contribution < -0.4 is 69.6 Å². The number of aryl methyl sites for hydroxylation is 3. The first kappa shape index (κ1) is 110. The monoisotopic (exact) mass is 1990 g/mol. The molecule has 5 saturated carbocycles. The molecule has 0 radical (unpaired) electrons. The summed E-state index contributed by atoms with van der Waals surface area (Å²) in [5, 5.41) is 40.8. The van der Waals surface area contributed by atoms with Crippen LogP contribution >= 0.6 is 158 Å². The van der Waals surface area contributed by atoms with Crippen molar-refractivity contribution < 1.29 is 14.3 Å². The minimum atomic E-state index is 0. The maximum Gasteiger partial charge on any atom is 0.241 e. The number of nitrogens with two attached hydrogens (primary N) is 5. The fourth-order valence-corrected chi connectivity index (χ4v) is 17.4. The molecule has 2 aliphatic heterocycles. The van der Waals surface area contributed by atoms with Gasteiger partial charge in [-0.1, -0.05) is 54.2 Å². The Morgan fingerprint density at radius 1 is 0.419 bits per heavy atom. The highest BCUT2D eigenvalue weighted by Gasteiger charge is 2.31. The van der Waals surface area contributed by atoms with Crippen LogP contribution in [0.3, 0.4) is 0 Å². The van der Waals surface area contributed by atoms with Crippen LogP contribution in [0.5, 0.6) is 11.5 Å². The van der Waals surface area contributed by atoms with Crippen LogP contribution in [-0.4, -0.2) is 188 Å². The molecular weight excluding hydrogens is 1870 g/mol. The molecule has 32 nitrogen and oxygen atoms in total. The van der Waals surface area contributed by atoms with E-state index < -0.39 is 0 Å². The summed E-state index contributed by atoms with van der Waals surface area (Å²) in [6, 6.07) is 31.5. The van der Waals surface area contributed by atoms with Gasteiger partial charge in [0.15, 0.2) is 39.7 Å². The van der Waals surface area contributed by atoms with Crippen molar-refractivity contribution in [1.82, 2.24) is 87.9 Å². The first-order valence-corrected chi connectivity index (χ1v) is 42.4. The number of piperazine rings is 1. The van der Waals surface area contributed by atoms with Gasteiger partial charge in [-0.15, -0.1) is 0 Å². The Kier molecular flexibility index (Phi) is 42.6. The van der Waals surface area contributed by atoms with Crippen LogP contribution in [0.2, 0.25) is 10.0 Å². The van der Waals surface area contributed by atoms with E-state index in [4.69, 9.17) is 71.3 Å². The topological polar surface area (TPSA) is 409 Å². The number of fused-ring (bicyclic) bond motifs is 6. The van der Waals surface area contributed by atoms with Crippen molar-refractivity contribution in [3.05, 3.63) is 161 Å². The number of benzene rings is 2. The molecule has 1 saturated heterocycles. The number of aromatic nitrogens is 17. The number of likely N-dealkylation sites (N-methyl/N-ethyl adjacent to an activating group) is 1. The fraction of sp³-hybridized carbons (Fsp3) is 0.447. The van der Waals surface area contributed by atoms with Gasteiger partial charge in [0.25, 0.3) is 0 Å². The van der Waals surface area contributed by atoms with Gasteiger partial charge in [0.2, 0.25) is 12.7 Å². The van der Waals surface area contributed by atoms with E-state index in [0.717, 1.165) is 230 Å². The lowest BCUT2D eigenvalue weighted by atomic mass is 9.99. The van der Waals surface area contributed by atoms with Gasteiger partial charge in [0.1, 0.15) is 50.8 Å². The number of hydrogen-bond donors (Lipinski definition) is 10. The van der Waals surface area contributed by atoms with Crippen molar-refractivity contribution in [3.8, 4) is 45.3 Å². The molecule has 11 aromatic heterocycles. The van der Waals surface area contributed by atoms with Crippen LogP contribution in [0, 0.1) is 20.8 Å². The zero-order valence-corrected chi connectivity index (χ0v) is 84.7. The predicted molar refractivity (Wildman–Crippen MR) is 570 cm³/mol. The highest BCUT2D eigenvalue weighted by Crippen LogP contribution is 2.39. The summed E-state index contributed by atoms with van der Waals surface area (Å²) in [7, 11) is 1.84. The molecule has 10 atom stereocenters. The van der Waals surface area contributed by atoms with Gasteiger partial charge < -0.3 is 74.5 Å². The number of ether oxygens (including phenoxy) is 2. The molecule has 0 bridgehead atoms. The number of hydrogen-bond acceptors (Lipinski definition) is 26. The summed E-state index contributed by atoms with van der Waals surface area (Å²) in [4.78, 5) is 47.8. The summed E-state index contributed by atoms with van der Waals surface area (Å²) in [6.07, 6.45) is 29.9. The zero-order valence-electron chi connectivity index (χ0n) is 73.2. The number of amides is 1. The molecule has 2 aromatic carbocycles. The van der Waals surface area contributed by atoms with Crippen LogP contribution in [0.15, 0.2) is 128 Å². The van der Waals surface area contributed by atoms with Crippen LogP contribution in [0.1, 0.15) is 152 Å². The highest BCUT2D eigenvalue weighted by molar-refractivity contribution is 7.60. The first-order chi connectivity index (χ1) is 57.7. The summed E-state index contributed by atoms with van der Waals surface area (Å²) < 4.78 is 19.9. The van der Waals surface area contributed by atoms with Gasteiger partial charge in [-0.05, 0) is 160 Å². The van der Waals surface area contributed by atoms with Gasteiger partial charge in [0, 0.05) is 170 Å². The third kappa shape index (κ3) is 26.7. The van der Waals surface area contributed by atoms with E-state index in [1.807, 2.05) is 87.0 Å². The highest BCUT2D eigenvalue weighted by atomic mass is 35.5. The van der Waals surface area contributed by atoms with Gasteiger partial charge in [-0.2, -0.15) is 183 Å². The Morgan fingerprint density at radius 2 is 0.814 bits per heavy atom. The summed E-state index contributed by atoms with van der Waals surface area (Å²) in [5.74, 6) is 8.24. The summed E-state index contributed by atoms with van der Waals surface area (Å²) >= 11 is 12.6. The SMILES string of the molecule is CCC(CC)c1cc(N[C@H]2CC[C@H](N)C2)n2ncc(Cl)c2n1.CN1CCN(c2cc(N[C@H]3CC[C@H](N)C3)n3nccc3n2)CC1=O.Cc1cc(C)cc(-c2cc(N[C@H]3CC[C@H](N)C3)n3nccc3n2)c1.Cc1ncc(-c2cc(N[C@H]3CC[C@H](N)C3)n3nccc3n2)cn1.N[C@H]1CC[C@H](Nc2cc(-c3ccc4c(c3)OCO4)nc3c(Cl)cnn23)C1.S.S.S.S.S.S.S.S.S.S. The molecule has 44 heteroatoms. The van der Waals surface area contributed by atoms with Gasteiger partial charge in [-0.3, -0.25) is 4.79 Å². The number of halogens is 2. The zero-order chi connectivity index (χ0) is 82.5. The molecule has 13 heterocycles. The second-order valence-electron chi connectivity index (χ2n) is 32.7. The molecule has 15 N–H and O–H groups in total. The van der Waals surface area contributed by atoms with Crippen molar-refractivity contribution in [3.63, 3.8) is 0 Å². The van der Waals surface area contributed by atoms with E-state index in [-0.39, 0.29) is 166 Å². The van der Waals surface area contributed by atoms with E-state index in [1.54, 1.807) is 57.3 Å². The van der Waals surface area contributed by atoms with Gasteiger partial charge in [-0.25, -0.2) is 34.9 Å². The first-order valence-electron chi connectivity index (χ1n) is 41.7. The van der Waals surface area contributed by atoms with E-state index in [9.17, 15) is 4.79 Å². The van der Waals surface area contributed by atoms with Crippen molar-refractivity contribution in [2.45, 2.75) is 210 Å². The van der Waals surface area contributed by atoms with E-state index in [0.29, 0.717) is 77.0 Å². The number of nitrogens with one attached hydrogen (secondary N) is 5. The molecule has 13 aromatic rings. The third-order valence-corrected chi connectivity index (χ3v) is 24.0. The lowest BCUT2D eigenvalue weighted by Crippen LogP contribution is -2.48. The molecular formula is C85H127Cl2N29O3S10. The fourth-order valence-electron chi connectivity index (χ4n) is 17.1. The van der Waals surface area contributed by atoms with Gasteiger partial charge >= 0.3 is 0 Å². The maximum absolute atomic E-state index is 12.0. The Bertz CT molecular complexity index is 5740. The molecule has 7 aliphatic rings. The normalized spacial score (nSPS) is 20.2. The quantitative estimate of drug-likeness (QED) is 0.0405. The summed E-state index contributed by atoms with van der Waals surface area (Å²) in [5.41, 5.74) is 43.1. The van der Waals surface area contributed by atoms with E-state index >= 15 is 0 Å². The molecule has 129 heavy (non-hydrogen) atoms. The van der Waals surface area contributed by atoms with E-state index in [1.165, 1.54) is 11.1 Å². The van der Waals surface area contributed by atoms with Crippen LogP contribution in [0.25, 0.3) is 62.0 Å². The van der Waals surface area contributed by atoms with Crippen molar-refractivity contribution in [1.29, 1.82) is 0 Å². The van der Waals surface area contributed by atoms with E-state index in [2.05, 4.69) is 135 Å². The Hall–Kier alpha value is -7.63. The molecule has 6 fully saturated rings. The molecule has 704 valence electrons. The molecule has 5 aliphatic carbocycles.